The molecule has 8 heteroatoms. The van der Waals surface area contributed by atoms with E-state index in [1.165, 1.54) is 6.26 Å². The Labute approximate surface area is 184 Å². The average Bonchev–Trinajstić information content (AvgIpc) is 3.24. The summed E-state index contributed by atoms with van der Waals surface area (Å²) >= 11 is 0. The summed E-state index contributed by atoms with van der Waals surface area (Å²) < 4.78 is 19.0. The zero-order chi connectivity index (χ0) is 24.2. The van der Waals surface area contributed by atoms with Crippen molar-refractivity contribution in [1.29, 1.82) is 0 Å². The minimum Gasteiger partial charge on any atom is -0.466 e. The van der Waals surface area contributed by atoms with Crippen molar-refractivity contribution in [3.63, 3.8) is 0 Å². The van der Waals surface area contributed by atoms with Gasteiger partial charge in [-0.25, -0.2) is 14.4 Å². The molecule has 0 aromatic carbocycles. The monoisotopic (exact) mass is 438 g/mol. The van der Waals surface area contributed by atoms with Gasteiger partial charge in [-0.2, -0.15) is 0 Å². The first-order valence-electron chi connectivity index (χ1n) is 9.67. The molecule has 0 radical (unpaired) electrons. The van der Waals surface area contributed by atoms with Crippen LogP contribution in [0, 0.1) is 0 Å². The van der Waals surface area contributed by atoms with Crippen molar-refractivity contribution in [2.75, 3.05) is 19.8 Å². The fourth-order valence-electron chi connectivity index (χ4n) is 1.35. The first-order chi connectivity index (χ1) is 14.6. The largest absolute Gasteiger partial charge is 0.466 e. The molecule has 0 saturated heterocycles. The molecule has 0 saturated carbocycles. The topological polar surface area (TPSA) is 112 Å². The number of ether oxygens (including phenoxy) is 3. The van der Waals surface area contributed by atoms with Crippen LogP contribution in [-0.2, 0) is 35.2 Å². The molecule has 174 valence electrons. The van der Waals surface area contributed by atoms with Crippen molar-refractivity contribution in [3.8, 4) is 0 Å². The van der Waals surface area contributed by atoms with Crippen LogP contribution in [0.2, 0.25) is 0 Å². The lowest BCUT2D eigenvalue weighted by Gasteiger charge is -2.01. The molecule has 0 fully saturated rings. The van der Waals surface area contributed by atoms with Crippen molar-refractivity contribution in [2.45, 2.75) is 47.1 Å². The molecule has 31 heavy (non-hydrogen) atoms. The second-order valence-corrected chi connectivity index (χ2v) is 6.35. The number of unbranched alkanes of at least 4 members (excludes halogenated alkanes) is 1. The third-order valence-corrected chi connectivity index (χ3v) is 3.03. The minimum atomic E-state index is -0.455. The normalized spacial score (nSPS) is 9.06. The van der Waals surface area contributed by atoms with E-state index < -0.39 is 11.9 Å². The lowest BCUT2D eigenvalue weighted by atomic mass is 10.3. The predicted molar refractivity (Wildman–Crippen MR) is 117 cm³/mol. The Kier molecular flexibility index (Phi) is 18.3. The molecule has 1 N–H and O–H groups in total. The van der Waals surface area contributed by atoms with Crippen LogP contribution in [-0.4, -0.2) is 42.8 Å². The average molecular weight is 439 g/mol. The summed E-state index contributed by atoms with van der Waals surface area (Å²) in [6.45, 7) is 17.7. The zero-order valence-corrected chi connectivity index (χ0v) is 18.9. The third kappa shape index (κ3) is 18.6. The highest BCUT2D eigenvalue weighted by Gasteiger charge is 2.04. The van der Waals surface area contributed by atoms with Crippen LogP contribution in [0.3, 0.4) is 0 Å². The van der Waals surface area contributed by atoms with Gasteiger partial charge in [-0.15, -0.1) is 0 Å². The summed E-state index contributed by atoms with van der Waals surface area (Å²) in [6, 6.07) is 3.48. The van der Waals surface area contributed by atoms with Gasteiger partial charge >= 0.3 is 17.9 Å². The molecule has 0 aliphatic carbocycles. The molecule has 0 bridgehead atoms. The van der Waals surface area contributed by atoms with E-state index in [-0.39, 0.29) is 25.8 Å². The summed E-state index contributed by atoms with van der Waals surface area (Å²) in [5, 5.41) is 8.19. The van der Waals surface area contributed by atoms with E-state index in [0.29, 0.717) is 29.1 Å². The maximum absolute atomic E-state index is 10.9. The number of carbonyl (C=O) groups is 3. The fraction of sp³-hybridized carbons (Fsp3) is 0.435. The molecular weight excluding hydrogens is 404 g/mol. The van der Waals surface area contributed by atoms with Crippen LogP contribution >= 0.6 is 0 Å². The van der Waals surface area contributed by atoms with Crippen molar-refractivity contribution in [1.82, 2.24) is 0 Å². The van der Waals surface area contributed by atoms with E-state index in [1.54, 1.807) is 32.9 Å². The van der Waals surface area contributed by atoms with Crippen LogP contribution in [0.4, 0.5) is 0 Å². The Morgan fingerprint density at radius 3 is 1.77 bits per heavy atom. The Bertz CT molecular complexity index is 701. The zero-order valence-electron chi connectivity index (χ0n) is 18.9. The van der Waals surface area contributed by atoms with Gasteiger partial charge in [0.05, 0.1) is 19.5 Å². The van der Waals surface area contributed by atoms with Gasteiger partial charge in [-0.3, -0.25) is 0 Å². The maximum atomic E-state index is 10.9. The molecule has 8 nitrogen and oxygen atoms in total. The lowest BCUT2D eigenvalue weighted by molar-refractivity contribution is -0.141. The van der Waals surface area contributed by atoms with Crippen molar-refractivity contribution in [3.05, 3.63) is 60.6 Å². The molecule has 1 heterocycles. The van der Waals surface area contributed by atoms with E-state index in [0.717, 1.165) is 12.8 Å². The number of aliphatic hydroxyl groups excluding tert-OH is 1. The lowest BCUT2D eigenvalue weighted by Crippen LogP contribution is -2.08. The fourth-order valence-corrected chi connectivity index (χ4v) is 1.35. The smallest absolute Gasteiger partial charge is 0.333 e. The Morgan fingerprint density at radius 2 is 1.39 bits per heavy atom. The van der Waals surface area contributed by atoms with Crippen LogP contribution in [0.5, 0.6) is 0 Å². The number of hydrogen-bond acceptors (Lipinski definition) is 8. The van der Waals surface area contributed by atoms with Crippen LogP contribution in [0.15, 0.2) is 59.3 Å². The van der Waals surface area contributed by atoms with Gasteiger partial charge in [0.2, 0.25) is 0 Å². The van der Waals surface area contributed by atoms with Gasteiger partial charge in [0.15, 0.2) is 0 Å². The SMILES string of the molecule is C=C(C)C(=O)OCCCC.C=C(C)C(=O)OCCO.C=C(C)C(=O)OCc1ccco1. The van der Waals surface area contributed by atoms with Crippen molar-refractivity contribution in [2.24, 2.45) is 0 Å². The van der Waals surface area contributed by atoms with Gasteiger partial charge in [-0.1, -0.05) is 33.1 Å². The van der Waals surface area contributed by atoms with Gasteiger partial charge in [0.1, 0.15) is 19.0 Å². The van der Waals surface area contributed by atoms with E-state index in [9.17, 15) is 14.4 Å². The standard InChI is InChI=1S/C9H10O3.C8H14O2.C6H10O3/c1-7(2)9(10)12-6-8-4-3-5-11-8;1-4-5-6-10-8(9)7(2)3;1-5(2)6(8)9-4-3-7/h3-5H,1,6H2,2H3;2,4-6H2,1,3H3;7H,1,3-4H2,2H3. The maximum Gasteiger partial charge on any atom is 0.333 e. The van der Waals surface area contributed by atoms with Crippen LogP contribution in [0.1, 0.15) is 46.3 Å². The van der Waals surface area contributed by atoms with Gasteiger partial charge in [-0.05, 0) is 39.3 Å². The summed E-state index contributed by atoms with van der Waals surface area (Å²) in [4.78, 5) is 32.0. The van der Waals surface area contributed by atoms with Gasteiger partial charge < -0.3 is 23.7 Å². The molecule has 0 atom stereocenters. The van der Waals surface area contributed by atoms with Gasteiger partial charge in [0.25, 0.3) is 0 Å². The molecule has 1 aromatic heterocycles. The molecule has 0 aliphatic rings. The van der Waals surface area contributed by atoms with Crippen LogP contribution < -0.4 is 0 Å². The number of hydrogen-bond donors (Lipinski definition) is 1. The first-order valence-corrected chi connectivity index (χ1v) is 9.67. The predicted octanol–water partition coefficient (Wildman–Crippen LogP) is 3.90. The quantitative estimate of drug-likeness (QED) is 0.253. The minimum absolute atomic E-state index is 0.0473. The van der Waals surface area contributed by atoms with Gasteiger partial charge in [0, 0.05) is 16.7 Å². The summed E-state index contributed by atoms with van der Waals surface area (Å²) in [5.74, 6) is -0.506. The van der Waals surface area contributed by atoms with Crippen molar-refractivity contribution < 1.29 is 38.1 Å². The first kappa shape index (κ1) is 30.1. The summed E-state index contributed by atoms with van der Waals surface area (Å²) in [7, 11) is 0. The second kappa shape index (κ2) is 18.9. The number of esters is 3. The van der Waals surface area contributed by atoms with E-state index in [1.807, 2.05) is 0 Å². The summed E-state index contributed by atoms with van der Waals surface area (Å²) in [6.07, 6.45) is 3.51. The van der Waals surface area contributed by atoms with E-state index in [2.05, 4.69) is 31.4 Å². The number of aliphatic hydroxyl groups is 1. The molecule has 0 aliphatic heterocycles. The third-order valence-electron chi connectivity index (χ3n) is 3.03. The Balaban J connectivity index is 0. The van der Waals surface area contributed by atoms with Crippen molar-refractivity contribution >= 4 is 17.9 Å². The van der Waals surface area contributed by atoms with Crippen LogP contribution in [0.25, 0.3) is 0 Å². The highest BCUT2D eigenvalue weighted by atomic mass is 16.5. The Morgan fingerprint density at radius 1 is 0.903 bits per heavy atom. The summed E-state index contributed by atoms with van der Waals surface area (Å²) in [5.41, 5.74) is 1.21. The molecule has 0 amide bonds. The highest BCUT2D eigenvalue weighted by Crippen LogP contribution is 2.03. The number of carbonyl (C=O) groups excluding carboxylic acids is 3. The van der Waals surface area contributed by atoms with E-state index in [4.69, 9.17) is 19.0 Å². The molecule has 0 spiro atoms. The second-order valence-electron chi connectivity index (χ2n) is 6.35. The molecule has 0 unspecified atom stereocenters. The Hall–Kier alpha value is -3.13. The molecule has 1 rings (SSSR count). The number of furan rings is 1. The van der Waals surface area contributed by atoms with E-state index >= 15 is 0 Å². The molecular formula is C23H34O8. The molecule has 1 aromatic rings. The number of rotatable bonds is 10. The highest BCUT2D eigenvalue weighted by molar-refractivity contribution is 5.87.